The van der Waals surface area contributed by atoms with Crippen LogP contribution in [0.5, 0.6) is 0 Å². The molecule has 1 saturated carbocycles. The van der Waals surface area contributed by atoms with Crippen molar-refractivity contribution in [3.8, 4) is 11.3 Å². The number of benzene rings is 1. The topological polar surface area (TPSA) is 49.6 Å². The number of halogens is 1. The lowest BCUT2D eigenvalue weighted by molar-refractivity contribution is 0.0519. The van der Waals surface area contributed by atoms with E-state index in [2.05, 4.69) is 9.88 Å². The van der Waals surface area contributed by atoms with E-state index in [1.54, 1.807) is 12.1 Å². The molecule has 2 aromatic rings. The van der Waals surface area contributed by atoms with Crippen molar-refractivity contribution < 1.29 is 13.6 Å². The molecular weight excluding hydrogens is 333 g/mol. The molecule has 0 N–H and O–H groups in total. The Morgan fingerprint density at radius 1 is 1.04 bits per heavy atom. The highest BCUT2D eigenvalue weighted by Gasteiger charge is 2.30. The Bertz CT molecular complexity index is 745. The summed E-state index contributed by atoms with van der Waals surface area (Å²) in [5.41, 5.74) is 0.968. The Labute approximate surface area is 152 Å². The summed E-state index contributed by atoms with van der Waals surface area (Å²) in [4.78, 5) is 21.4. The van der Waals surface area contributed by atoms with Gasteiger partial charge in [0.1, 0.15) is 5.82 Å². The fourth-order valence-corrected chi connectivity index (χ4v) is 4.09. The Hall–Kier alpha value is -2.21. The lowest BCUT2D eigenvalue weighted by Crippen LogP contribution is -2.52. The molecule has 0 atom stereocenters. The van der Waals surface area contributed by atoms with E-state index in [0.29, 0.717) is 36.1 Å². The Morgan fingerprint density at radius 2 is 1.73 bits per heavy atom. The summed E-state index contributed by atoms with van der Waals surface area (Å²) in [5.74, 6) is -0.0222. The van der Waals surface area contributed by atoms with Crippen molar-refractivity contribution in [2.45, 2.75) is 38.1 Å². The van der Waals surface area contributed by atoms with E-state index in [0.717, 1.165) is 13.1 Å². The standard InChI is InChI=1S/C20H24FN3O2/c21-16-8-6-15(7-9-16)19-18(22-14-26-19)20(25)24-12-10-23(11-13-24)17-4-2-1-3-5-17/h6-9,14,17H,1-5,10-13H2. The molecule has 0 bridgehead atoms. The number of carbonyl (C=O) groups excluding carboxylic acids is 1. The molecule has 4 rings (SSSR count). The van der Waals surface area contributed by atoms with E-state index in [4.69, 9.17) is 4.42 Å². The van der Waals surface area contributed by atoms with Crippen LogP contribution in [0.15, 0.2) is 35.1 Å². The van der Waals surface area contributed by atoms with Gasteiger partial charge in [0.15, 0.2) is 17.8 Å². The number of rotatable bonds is 3. The monoisotopic (exact) mass is 357 g/mol. The largest absolute Gasteiger partial charge is 0.443 e. The molecule has 1 saturated heterocycles. The molecular formula is C20H24FN3O2. The van der Waals surface area contributed by atoms with Crippen molar-refractivity contribution in [3.63, 3.8) is 0 Å². The number of hydrogen-bond donors (Lipinski definition) is 0. The van der Waals surface area contributed by atoms with Gasteiger partial charge in [-0.2, -0.15) is 0 Å². The van der Waals surface area contributed by atoms with Crippen LogP contribution in [-0.4, -0.2) is 52.9 Å². The molecule has 1 amide bonds. The number of hydrogen-bond acceptors (Lipinski definition) is 4. The van der Waals surface area contributed by atoms with Gasteiger partial charge in [-0.15, -0.1) is 0 Å². The summed E-state index contributed by atoms with van der Waals surface area (Å²) in [6.07, 6.45) is 7.85. The van der Waals surface area contributed by atoms with Gasteiger partial charge in [-0.25, -0.2) is 9.37 Å². The van der Waals surface area contributed by atoms with Gasteiger partial charge in [-0.3, -0.25) is 9.69 Å². The second-order valence-electron chi connectivity index (χ2n) is 7.16. The molecule has 138 valence electrons. The minimum atomic E-state index is -0.319. The maximum atomic E-state index is 13.1. The van der Waals surface area contributed by atoms with E-state index in [1.165, 1.54) is 50.6 Å². The maximum Gasteiger partial charge on any atom is 0.276 e. The van der Waals surface area contributed by atoms with Crippen molar-refractivity contribution in [1.82, 2.24) is 14.8 Å². The van der Waals surface area contributed by atoms with Gasteiger partial charge >= 0.3 is 0 Å². The van der Waals surface area contributed by atoms with E-state index in [9.17, 15) is 9.18 Å². The number of oxazole rings is 1. The zero-order chi connectivity index (χ0) is 17.9. The van der Waals surface area contributed by atoms with Crippen molar-refractivity contribution >= 4 is 5.91 Å². The van der Waals surface area contributed by atoms with Crippen LogP contribution in [0.2, 0.25) is 0 Å². The Kier molecular flexibility index (Phi) is 5.02. The van der Waals surface area contributed by atoms with Crippen LogP contribution in [0, 0.1) is 5.82 Å². The highest BCUT2D eigenvalue weighted by molar-refractivity contribution is 5.97. The van der Waals surface area contributed by atoms with Crippen molar-refractivity contribution in [3.05, 3.63) is 42.2 Å². The van der Waals surface area contributed by atoms with Crippen LogP contribution in [-0.2, 0) is 0 Å². The molecule has 26 heavy (non-hydrogen) atoms. The first-order valence-corrected chi connectivity index (χ1v) is 9.45. The van der Waals surface area contributed by atoms with Gasteiger partial charge in [0.2, 0.25) is 0 Å². The summed E-state index contributed by atoms with van der Waals surface area (Å²) in [7, 11) is 0. The fraction of sp³-hybridized carbons (Fsp3) is 0.500. The van der Waals surface area contributed by atoms with Crippen LogP contribution in [0.25, 0.3) is 11.3 Å². The van der Waals surface area contributed by atoms with Crippen LogP contribution in [0.4, 0.5) is 4.39 Å². The van der Waals surface area contributed by atoms with Crippen LogP contribution in [0.1, 0.15) is 42.6 Å². The van der Waals surface area contributed by atoms with E-state index >= 15 is 0 Å². The first-order valence-electron chi connectivity index (χ1n) is 9.45. The predicted molar refractivity (Wildman–Crippen MR) is 96.2 cm³/mol. The van der Waals surface area contributed by atoms with E-state index in [-0.39, 0.29) is 11.7 Å². The molecule has 0 unspecified atom stereocenters. The third kappa shape index (κ3) is 3.51. The normalized spacial score (nSPS) is 19.7. The van der Waals surface area contributed by atoms with Gasteiger partial charge in [0, 0.05) is 37.8 Å². The number of amides is 1. The quantitative estimate of drug-likeness (QED) is 0.843. The third-order valence-corrected chi connectivity index (χ3v) is 5.57. The highest BCUT2D eigenvalue weighted by atomic mass is 19.1. The van der Waals surface area contributed by atoms with Crippen molar-refractivity contribution in [2.24, 2.45) is 0 Å². The molecule has 1 aromatic heterocycles. The molecule has 2 heterocycles. The average Bonchev–Trinajstić information content (AvgIpc) is 3.19. The zero-order valence-electron chi connectivity index (χ0n) is 14.9. The number of carbonyl (C=O) groups is 1. The number of piperazine rings is 1. The Balaban J connectivity index is 1.43. The summed E-state index contributed by atoms with van der Waals surface area (Å²) in [5, 5.41) is 0. The predicted octanol–water partition coefficient (Wildman–Crippen LogP) is 3.57. The SMILES string of the molecule is O=C(c1ncoc1-c1ccc(F)cc1)N1CCN(C2CCCCC2)CC1. The summed E-state index contributed by atoms with van der Waals surface area (Å²) in [6, 6.07) is 6.61. The Morgan fingerprint density at radius 3 is 2.42 bits per heavy atom. The second kappa shape index (κ2) is 7.58. The molecule has 5 nitrogen and oxygen atoms in total. The molecule has 0 spiro atoms. The van der Waals surface area contributed by atoms with Gasteiger partial charge in [0.25, 0.3) is 5.91 Å². The van der Waals surface area contributed by atoms with Gasteiger partial charge in [-0.1, -0.05) is 19.3 Å². The fourth-order valence-electron chi connectivity index (χ4n) is 4.09. The van der Waals surface area contributed by atoms with Gasteiger partial charge < -0.3 is 9.32 Å². The molecule has 2 fully saturated rings. The summed E-state index contributed by atoms with van der Waals surface area (Å²) in [6.45, 7) is 3.26. The highest BCUT2D eigenvalue weighted by Crippen LogP contribution is 2.26. The van der Waals surface area contributed by atoms with Crippen LogP contribution >= 0.6 is 0 Å². The van der Waals surface area contributed by atoms with E-state index in [1.807, 2.05) is 4.90 Å². The third-order valence-electron chi connectivity index (χ3n) is 5.57. The van der Waals surface area contributed by atoms with Gasteiger partial charge in [0.05, 0.1) is 0 Å². The first kappa shape index (κ1) is 17.2. The smallest absolute Gasteiger partial charge is 0.276 e. The van der Waals surface area contributed by atoms with Crippen molar-refractivity contribution in [2.75, 3.05) is 26.2 Å². The lowest BCUT2D eigenvalue weighted by Gasteiger charge is -2.40. The number of aromatic nitrogens is 1. The molecule has 1 aromatic carbocycles. The molecule has 1 aliphatic heterocycles. The van der Waals surface area contributed by atoms with Crippen LogP contribution in [0.3, 0.4) is 0 Å². The first-order chi connectivity index (χ1) is 12.7. The second-order valence-corrected chi connectivity index (χ2v) is 7.16. The van der Waals surface area contributed by atoms with Gasteiger partial charge in [-0.05, 0) is 37.1 Å². The molecule has 2 aliphatic rings. The maximum absolute atomic E-state index is 13.1. The lowest BCUT2D eigenvalue weighted by atomic mass is 9.94. The summed E-state index contributed by atoms with van der Waals surface area (Å²) >= 11 is 0. The summed E-state index contributed by atoms with van der Waals surface area (Å²) < 4.78 is 18.6. The van der Waals surface area contributed by atoms with Crippen LogP contribution < -0.4 is 0 Å². The minimum absolute atomic E-state index is 0.110. The minimum Gasteiger partial charge on any atom is -0.443 e. The van der Waals surface area contributed by atoms with E-state index < -0.39 is 0 Å². The average molecular weight is 357 g/mol. The molecule has 6 heteroatoms. The number of nitrogens with zero attached hydrogens (tertiary/aromatic N) is 3. The molecule has 1 aliphatic carbocycles. The molecule has 0 radical (unpaired) electrons. The zero-order valence-corrected chi connectivity index (χ0v) is 14.9. The van der Waals surface area contributed by atoms with Crippen molar-refractivity contribution in [1.29, 1.82) is 0 Å².